The van der Waals surface area contributed by atoms with Crippen LogP contribution in [-0.4, -0.2) is 169 Å². The number of piperidine rings is 2. The van der Waals surface area contributed by atoms with Crippen LogP contribution < -0.4 is 27.1 Å². The Morgan fingerprint density at radius 1 is 0.916 bits per heavy atom. The topological polar surface area (TPSA) is 247 Å². The van der Waals surface area contributed by atoms with E-state index in [1.165, 1.54) is 32.7 Å². The Balaban J connectivity index is 0.000000216. The van der Waals surface area contributed by atoms with Crippen LogP contribution in [0, 0.1) is 18.8 Å². The molecule has 6 N–H and O–H groups in total. The number of pyridine rings is 1. The maximum atomic E-state index is 12.8. The molecule has 3 amide bonds. The Labute approximate surface area is 498 Å². The number of aliphatic hydroxyl groups is 1. The van der Waals surface area contributed by atoms with Crippen molar-refractivity contribution >= 4 is 78.7 Å². The summed E-state index contributed by atoms with van der Waals surface area (Å²) in [5, 5.41) is 16.2. The van der Waals surface area contributed by atoms with Crippen LogP contribution in [0.15, 0.2) is 77.3 Å². The molecule has 0 saturated carbocycles. The number of ether oxygens (including phenoxy) is 4. The molecule has 6 aromatic rings. The van der Waals surface area contributed by atoms with Crippen molar-refractivity contribution in [2.75, 3.05) is 99.0 Å². The van der Waals surface area contributed by atoms with Crippen LogP contribution in [0.2, 0.25) is 5.02 Å². The Bertz CT molecular complexity index is 3170. The first-order chi connectivity index (χ1) is 40.3. The fraction of sp³-hybridized carbons (Fsp3) is 0.492. The predicted octanol–water partition coefficient (Wildman–Crippen LogP) is 6.37. The van der Waals surface area contributed by atoms with Crippen molar-refractivity contribution < 1.29 is 43.2 Å². The maximum absolute atomic E-state index is 12.8. The third-order valence-corrected chi connectivity index (χ3v) is 16.7. The number of halogens is 1. The minimum absolute atomic E-state index is 0.00491. The van der Waals surface area contributed by atoms with E-state index in [2.05, 4.69) is 36.9 Å². The number of aryl methyl sites for hydroxylation is 2. The highest BCUT2D eigenvalue weighted by molar-refractivity contribution is 7.19. The quantitative estimate of drug-likeness (QED) is 0.0211. The van der Waals surface area contributed by atoms with Gasteiger partial charge in [0, 0.05) is 104 Å². The van der Waals surface area contributed by atoms with Gasteiger partial charge >= 0.3 is 0 Å². The van der Waals surface area contributed by atoms with Gasteiger partial charge in [-0.05, 0) is 94.4 Å². The lowest BCUT2D eigenvalue weighted by Crippen LogP contribution is -2.46. The van der Waals surface area contributed by atoms with Gasteiger partial charge in [0.2, 0.25) is 17.7 Å². The van der Waals surface area contributed by atoms with Gasteiger partial charge in [-0.1, -0.05) is 53.8 Å². The van der Waals surface area contributed by atoms with Gasteiger partial charge in [-0.2, -0.15) is 0 Å². The van der Waals surface area contributed by atoms with E-state index in [0.717, 1.165) is 108 Å². The molecule has 3 saturated heterocycles. The molecule has 0 atom stereocenters. The minimum atomic E-state index is -0.864. The summed E-state index contributed by atoms with van der Waals surface area (Å²) in [6, 6.07) is 17.8. The fourth-order valence-electron chi connectivity index (χ4n) is 9.79. The van der Waals surface area contributed by atoms with Crippen molar-refractivity contribution in [1.29, 1.82) is 0 Å². The standard InChI is InChI=1S/C32H40ClN5O5S.C20H28N4O4S.C9H10O/c1-21-17-22(33)18-26(25-5-11-35-27-19-24(44-32(25)27)20-38-29(40)3-4-30(38)41)31(21)43-23-6-13-37(14-7-23)12-2-10-36-28(39)8-15-42-16-9-34;1-23-7-4-20(26,5-8-23)14-24-15-22-17-16(13-29-18(17)19(24)25)3-2-9-27-11-12-28-10-6-21;10-8-4-7-9-5-2-1-3-6-9/h5,11,17-19,23H,2-4,6-10,12-16,20,34H2,1H3,(H,36,39);13,15,26H,4-12,14,21H2,1H3;1-3,5-6,8H,4,7H2. The lowest BCUT2D eigenvalue weighted by Gasteiger charge is -2.36. The normalized spacial score (nSPS) is 15.6. The third kappa shape index (κ3) is 19.8. The number of thiophene rings is 2. The van der Waals surface area contributed by atoms with Crippen LogP contribution in [0.25, 0.3) is 31.6 Å². The molecule has 22 heteroatoms. The molecule has 7 heterocycles. The van der Waals surface area contributed by atoms with Gasteiger partial charge < -0.3 is 55.4 Å². The zero-order chi connectivity index (χ0) is 59.0. The summed E-state index contributed by atoms with van der Waals surface area (Å²) in [6.45, 7) is 11.2. The van der Waals surface area contributed by atoms with Crippen LogP contribution in [-0.2, 0) is 52.9 Å². The number of fused-ring (bicyclic) bond motifs is 2. The summed E-state index contributed by atoms with van der Waals surface area (Å²) < 4.78 is 25.6. The molecule has 0 aliphatic carbocycles. The van der Waals surface area contributed by atoms with Crippen LogP contribution in [0.3, 0.4) is 0 Å². The number of aldehydes is 1. The van der Waals surface area contributed by atoms with Crippen molar-refractivity contribution in [2.24, 2.45) is 11.5 Å². The number of carbonyl (C=O) groups excluding carboxylic acids is 4. The number of nitrogens with one attached hydrogen (secondary N) is 1. The molecule has 83 heavy (non-hydrogen) atoms. The van der Waals surface area contributed by atoms with E-state index < -0.39 is 5.60 Å². The minimum Gasteiger partial charge on any atom is -0.489 e. The number of amides is 3. The Kier molecular flexibility index (Phi) is 26.0. The molecule has 4 aromatic heterocycles. The molecule has 2 aromatic carbocycles. The first-order valence-electron chi connectivity index (χ1n) is 28.4. The summed E-state index contributed by atoms with van der Waals surface area (Å²) in [7, 11) is 2.04. The first kappa shape index (κ1) is 64.6. The molecule has 446 valence electrons. The highest BCUT2D eigenvalue weighted by Gasteiger charge is 2.33. The molecule has 0 spiro atoms. The summed E-state index contributed by atoms with van der Waals surface area (Å²) in [5.74, 6) is 6.53. The van der Waals surface area contributed by atoms with E-state index >= 15 is 0 Å². The van der Waals surface area contributed by atoms with Crippen molar-refractivity contribution in [3.8, 4) is 28.7 Å². The maximum Gasteiger partial charge on any atom is 0.271 e. The average Bonchev–Trinajstić information content (AvgIpc) is 3.68. The summed E-state index contributed by atoms with van der Waals surface area (Å²) in [5.41, 5.74) is 15.9. The smallest absolute Gasteiger partial charge is 0.271 e. The fourth-order valence-corrected chi connectivity index (χ4v) is 12.1. The first-order valence-corrected chi connectivity index (χ1v) is 30.5. The summed E-state index contributed by atoms with van der Waals surface area (Å²) in [6.07, 6.45) is 10.7. The zero-order valence-electron chi connectivity index (χ0n) is 47.6. The highest BCUT2D eigenvalue weighted by Crippen LogP contribution is 2.42. The van der Waals surface area contributed by atoms with Crippen LogP contribution in [0.5, 0.6) is 5.75 Å². The molecule has 3 aliphatic rings. The number of rotatable bonds is 25. The average molecular weight is 1200 g/mol. The second-order valence-corrected chi connectivity index (χ2v) is 23.2. The van der Waals surface area contributed by atoms with Crippen LogP contribution in [0.1, 0.15) is 79.4 Å². The molecule has 3 aliphatic heterocycles. The Morgan fingerprint density at radius 2 is 1.64 bits per heavy atom. The van der Waals surface area contributed by atoms with E-state index in [-0.39, 0.29) is 61.9 Å². The van der Waals surface area contributed by atoms with Crippen LogP contribution >= 0.6 is 34.3 Å². The number of likely N-dealkylation sites (tertiary alicyclic amines) is 3. The Hall–Kier alpha value is -6.00. The van der Waals surface area contributed by atoms with Gasteiger partial charge in [0.15, 0.2) is 0 Å². The lowest BCUT2D eigenvalue weighted by molar-refractivity contribution is -0.139. The van der Waals surface area contributed by atoms with Gasteiger partial charge in [0.1, 0.15) is 35.0 Å². The van der Waals surface area contributed by atoms with Gasteiger partial charge in [0.05, 0.1) is 73.8 Å². The molecular weight excluding hydrogens is 1120 g/mol. The van der Waals surface area contributed by atoms with E-state index in [4.69, 9.17) is 42.0 Å². The van der Waals surface area contributed by atoms with Crippen molar-refractivity contribution in [2.45, 2.75) is 95.9 Å². The highest BCUT2D eigenvalue weighted by atomic mass is 35.5. The van der Waals surface area contributed by atoms with E-state index in [1.54, 1.807) is 17.5 Å². The molecule has 0 bridgehead atoms. The molecule has 3 fully saturated rings. The Morgan fingerprint density at radius 3 is 2.36 bits per heavy atom. The summed E-state index contributed by atoms with van der Waals surface area (Å²) >= 11 is 9.44. The lowest BCUT2D eigenvalue weighted by atomic mass is 9.91. The van der Waals surface area contributed by atoms with Gasteiger partial charge in [-0.3, -0.25) is 33.6 Å². The number of imide groups is 1. The third-order valence-electron chi connectivity index (χ3n) is 14.3. The van der Waals surface area contributed by atoms with Gasteiger partial charge in [0.25, 0.3) is 5.56 Å². The van der Waals surface area contributed by atoms with Crippen molar-refractivity contribution in [1.82, 2.24) is 34.6 Å². The number of carbonyl (C=O) groups is 4. The van der Waals surface area contributed by atoms with E-state index in [9.17, 15) is 29.1 Å². The predicted molar refractivity (Wildman–Crippen MR) is 326 cm³/mol. The number of hydrogen-bond acceptors (Lipinski definition) is 18. The summed E-state index contributed by atoms with van der Waals surface area (Å²) in [4.78, 5) is 75.0. The molecule has 0 unspecified atom stereocenters. The van der Waals surface area contributed by atoms with Crippen molar-refractivity contribution in [3.63, 3.8) is 0 Å². The molecule has 0 radical (unpaired) electrons. The number of aromatic nitrogens is 3. The van der Waals surface area contributed by atoms with Crippen LogP contribution in [0.4, 0.5) is 0 Å². The van der Waals surface area contributed by atoms with Gasteiger partial charge in [-0.25, -0.2) is 4.98 Å². The molecule has 19 nitrogen and oxygen atoms in total. The second-order valence-electron chi connectivity index (χ2n) is 20.8. The number of benzene rings is 2. The number of hydrogen-bond donors (Lipinski definition) is 4. The van der Waals surface area contributed by atoms with Gasteiger partial charge in [-0.15, -0.1) is 22.7 Å². The molecular formula is C61H78ClN9O10S2. The number of nitrogens with two attached hydrogens (primary N) is 2. The largest absolute Gasteiger partial charge is 0.489 e. The van der Waals surface area contributed by atoms with E-state index in [1.807, 2.05) is 73.9 Å². The van der Waals surface area contributed by atoms with Crippen molar-refractivity contribution in [3.05, 3.63) is 109 Å². The molecule has 9 rings (SSSR count). The number of nitrogens with zero attached hydrogens (tertiary/aromatic N) is 6. The zero-order valence-corrected chi connectivity index (χ0v) is 50.0. The van der Waals surface area contributed by atoms with E-state index in [0.29, 0.717) is 93.6 Å². The second kappa shape index (κ2) is 33.5. The monoisotopic (exact) mass is 1200 g/mol. The SMILES string of the molecule is CN1CCC(O)(Cn2cnc3c(C#CCOCCOCCN)csc3c2=O)CC1.Cc1cc(Cl)cc(-c2ccnc3cc(CN4C(=O)CCC4=O)sc23)c1OC1CCN(CCCNC(=O)CCOCCN)CC1.O=CCCc1ccccc1.